The van der Waals surface area contributed by atoms with Gasteiger partial charge in [-0.15, -0.1) is 0 Å². The Bertz CT molecular complexity index is 535. The molecule has 0 aromatic heterocycles. The summed E-state index contributed by atoms with van der Waals surface area (Å²) in [6, 6.07) is 4.33. The Morgan fingerprint density at radius 1 is 1.50 bits per heavy atom. The lowest BCUT2D eigenvalue weighted by molar-refractivity contribution is -0.117. The highest BCUT2D eigenvalue weighted by atomic mass is 19.1. The Kier molecular flexibility index (Phi) is 3.48. The Morgan fingerprint density at radius 3 is 2.95 bits per heavy atom. The quantitative estimate of drug-likeness (QED) is 0.878. The third-order valence-electron chi connectivity index (χ3n) is 4.44. The second-order valence-corrected chi connectivity index (χ2v) is 5.93. The van der Waals surface area contributed by atoms with Crippen LogP contribution in [0.25, 0.3) is 0 Å². The fourth-order valence-corrected chi connectivity index (χ4v) is 3.25. The van der Waals surface area contributed by atoms with Crippen LogP contribution in [0.4, 0.5) is 10.1 Å². The average Bonchev–Trinajstić information content (AvgIpc) is 2.70. The molecular formula is C15H19FN2O2. The van der Waals surface area contributed by atoms with Gasteiger partial charge >= 0.3 is 0 Å². The Morgan fingerprint density at radius 2 is 2.30 bits per heavy atom. The molecule has 2 aliphatic rings. The first kappa shape index (κ1) is 13.5. The van der Waals surface area contributed by atoms with Crippen LogP contribution in [0.15, 0.2) is 18.2 Å². The lowest BCUT2D eigenvalue weighted by Gasteiger charge is -2.35. The normalized spacial score (nSPS) is 28.9. The van der Waals surface area contributed by atoms with Crippen LogP contribution in [0.1, 0.15) is 12.0 Å². The zero-order valence-corrected chi connectivity index (χ0v) is 11.5. The number of aryl methyl sites for hydroxylation is 1. The summed E-state index contributed by atoms with van der Waals surface area (Å²) in [7, 11) is 0. The zero-order chi connectivity index (χ0) is 14.3. The molecule has 20 heavy (non-hydrogen) atoms. The van der Waals surface area contributed by atoms with Gasteiger partial charge in [-0.05, 0) is 43.0 Å². The summed E-state index contributed by atoms with van der Waals surface area (Å²) in [5, 5.41) is 12.4. The summed E-state index contributed by atoms with van der Waals surface area (Å²) in [5.74, 6) is 0.502. The maximum atomic E-state index is 13.0. The van der Waals surface area contributed by atoms with Gasteiger partial charge in [-0.2, -0.15) is 0 Å². The number of hydrogen-bond donors (Lipinski definition) is 2. The summed E-state index contributed by atoms with van der Waals surface area (Å²) in [4.78, 5) is 14.1. The molecule has 108 valence electrons. The first-order chi connectivity index (χ1) is 9.52. The maximum absolute atomic E-state index is 13.0. The molecule has 1 aromatic rings. The van der Waals surface area contributed by atoms with Crippen LogP contribution < -0.4 is 5.32 Å². The van der Waals surface area contributed by atoms with E-state index in [0.717, 1.165) is 25.1 Å². The van der Waals surface area contributed by atoms with Gasteiger partial charge in [0.25, 0.3) is 0 Å². The molecule has 0 unspecified atom stereocenters. The van der Waals surface area contributed by atoms with Gasteiger partial charge < -0.3 is 10.4 Å². The molecule has 1 amide bonds. The van der Waals surface area contributed by atoms with E-state index < -0.39 is 0 Å². The molecule has 1 aliphatic carbocycles. The van der Waals surface area contributed by atoms with Gasteiger partial charge in [-0.25, -0.2) is 4.39 Å². The maximum Gasteiger partial charge on any atom is 0.238 e. The highest BCUT2D eigenvalue weighted by molar-refractivity contribution is 5.92. The fourth-order valence-electron chi connectivity index (χ4n) is 3.25. The monoisotopic (exact) mass is 278 g/mol. The molecule has 3 atom stereocenters. The standard InChI is InChI=1S/C15H19FN2O2/c1-9-4-11(16)2-3-13(9)17-15(20)8-18-6-10-5-14(19)12(10)7-18/h2-4,10,12,14,19H,5-8H2,1H3,(H,17,20)/t10-,12+,14+/m1/s1. The number of nitrogens with zero attached hydrogens (tertiary/aromatic N) is 1. The van der Waals surface area contributed by atoms with Crippen molar-refractivity contribution in [3.63, 3.8) is 0 Å². The van der Waals surface area contributed by atoms with Crippen molar-refractivity contribution >= 4 is 11.6 Å². The number of anilines is 1. The van der Waals surface area contributed by atoms with Crippen LogP contribution in [0, 0.1) is 24.6 Å². The fraction of sp³-hybridized carbons (Fsp3) is 0.533. The van der Waals surface area contributed by atoms with Crippen LogP contribution in [0.3, 0.4) is 0 Å². The van der Waals surface area contributed by atoms with Gasteiger partial charge in [0, 0.05) is 24.7 Å². The van der Waals surface area contributed by atoms with Crippen molar-refractivity contribution < 1.29 is 14.3 Å². The number of nitrogens with one attached hydrogen (secondary N) is 1. The number of halogens is 1. The molecule has 3 rings (SSSR count). The number of hydrogen-bond acceptors (Lipinski definition) is 3. The van der Waals surface area contributed by atoms with E-state index in [4.69, 9.17) is 0 Å². The molecule has 0 spiro atoms. The van der Waals surface area contributed by atoms with Crippen molar-refractivity contribution in [2.24, 2.45) is 11.8 Å². The molecule has 2 fully saturated rings. The average molecular weight is 278 g/mol. The summed E-state index contributed by atoms with van der Waals surface area (Å²) in [6.07, 6.45) is 0.673. The molecule has 0 bridgehead atoms. The van der Waals surface area contributed by atoms with E-state index in [2.05, 4.69) is 10.2 Å². The Balaban J connectivity index is 1.55. The van der Waals surface area contributed by atoms with Crippen molar-refractivity contribution in [3.8, 4) is 0 Å². The summed E-state index contributed by atoms with van der Waals surface area (Å²) < 4.78 is 13.0. The Labute approximate surface area is 117 Å². The molecule has 2 N–H and O–H groups in total. The van der Waals surface area contributed by atoms with Crippen LogP contribution in [-0.4, -0.2) is 41.7 Å². The first-order valence-corrected chi connectivity index (χ1v) is 6.99. The summed E-state index contributed by atoms with van der Waals surface area (Å²) >= 11 is 0. The highest BCUT2D eigenvalue weighted by Crippen LogP contribution is 2.40. The Hall–Kier alpha value is -1.46. The third-order valence-corrected chi connectivity index (χ3v) is 4.44. The lowest BCUT2D eigenvalue weighted by Crippen LogP contribution is -2.39. The van der Waals surface area contributed by atoms with Gasteiger partial charge in [0.1, 0.15) is 5.82 Å². The predicted molar refractivity (Wildman–Crippen MR) is 73.8 cm³/mol. The van der Waals surface area contributed by atoms with Crippen molar-refractivity contribution in [3.05, 3.63) is 29.6 Å². The van der Waals surface area contributed by atoms with Gasteiger partial charge in [0.15, 0.2) is 0 Å². The number of amides is 1. The zero-order valence-electron chi connectivity index (χ0n) is 11.5. The lowest BCUT2D eigenvalue weighted by atomic mass is 9.74. The summed E-state index contributed by atoms with van der Waals surface area (Å²) in [6.45, 7) is 3.78. The van der Waals surface area contributed by atoms with E-state index in [1.54, 1.807) is 13.0 Å². The minimum absolute atomic E-state index is 0.0875. The van der Waals surface area contributed by atoms with Crippen molar-refractivity contribution in [2.45, 2.75) is 19.4 Å². The smallest absolute Gasteiger partial charge is 0.238 e. The van der Waals surface area contributed by atoms with Crippen molar-refractivity contribution in [2.75, 3.05) is 25.0 Å². The number of aliphatic hydroxyl groups is 1. The molecule has 1 heterocycles. The first-order valence-electron chi connectivity index (χ1n) is 6.99. The topological polar surface area (TPSA) is 52.6 Å². The van der Waals surface area contributed by atoms with E-state index >= 15 is 0 Å². The van der Waals surface area contributed by atoms with Gasteiger partial charge in [-0.3, -0.25) is 9.69 Å². The number of aliphatic hydroxyl groups excluding tert-OH is 1. The molecule has 1 saturated carbocycles. The number of fused-ring (bicyclic) bond motifs is 1. The van der Waals surface area contributed by atoms with Crippen LogP contribution in [0.2, 0.25) is 0 Å². The van der Waals surface area contributed by atoms with E-state index in [0.29, 0.717) is 24.1 Å². The van der Waals surface area contributed by atoms with E-state index in [9.17, 15) is 14.3 Å². The van der Waals surface area contributed by atoms with Crippen LogP contribution >= 0.6 is 0 Å². The molecule has 1 aliphatic heterocycles. The second-order valence-electron chi connectivity index (χ2n) is 5.93. The predicted octanol–water partition coefficient (Wildman–Crippen LogP) is 1.39. The number of carbonyl (C=O) groups excluding carboxylic acids is 1. The number of carbonyl (C=O) groups is 1. The van der Waals surface area contributed by atoms with Crippen LogP contribution in [0.5, 0.6) is 0 Å². The molecule has 5 heteroatoms. The summed E-state index contributed by atoms with van der Waals surface area (Å²) in [5.41, 5.74) is 1.37. The highest BCUT2D eigenvalue weighted by Gasteiger charge is 2.46. The molecule has 1 saturated heterocycles. The SMILES string of the molecule is Cc1cc(F)ccc1NC(=O)CN1C[C@H]2C[C@H](O)[C@H]2C1. The van der Waals surface area contributed by atoms with E-state index in [1.165, 1.54) is 12.1 Å². The largest absolute Gasteiger partial charge is 0.393 e. The number of benzene rings is 1. The minimum atomic E-state index is -0.300. The van der Waals surface area contributed by atoms with Crippen LogP contribution in [-0.2, 0) is 4.79 Å². The number of rotatable bonds is 3. The van der Waals surface area contributed by atoms with E-state index in [-0.39, 0.29) is 17.8 Å². The number of likely N-dealkylation sites (tertiary alicyclic amines) is 1. The van der Waals surface area contributed by atoms with Gasteiger partial charge in [-0.1, -0.05) is 0 Å². The molecule has 4 nitrogen and oxygen atoms in total. The molecule has 1 aromatic carbocycles. The van der Waals surface area contributed by atoms with Crippen molar-refractivity contribution in [1.29, 1.82) is 0 Å². The minimum Gasteiger partial charge on any atom is -0.393 e. The third kappa shape index (κ3) is 2.55. The van der Waals surface area contributed by atoms with Gasteiger partial charge in [0.05, 0.1) is 12.6 Å². The van der Waals surface area contributed by atoms with E-state index in [1.807, 2.05) is 0 Å². The van der Waals surface area contributed by atoms with Crippen molar-refractivity contribution in [1.82, 2.24) is 4.90 Å². The van der Waals surface area contributed by atoms with Gasteiger partial charge in [0.2, 0.25) is 5.91 Å². The second kappa shape index (κ2) is 5.14. The molecule has 0 radical (unpaired) electrons. The molecular weight excluding hydrogens is 259 g/mol.